The average molecular weight is 461 g/mol. The highest BCUT2D eigenvalue weighted by molar-refractivity contribution is 5.99. The van der Waals surface area contributed by atoms with Crippen molar-refractivity contribution >= 4 is 11.8 Å². The van der Waals surface area contributed by atoms with Gasteiger partial charge in [0.05, 0.1) is 5.54 Å². The van der Waals surface area contributed by atoms with Crippen molar-refractivity contribution in [3.8, 4) is 5.75 Å². The minimum absolute atomic E-state index is 0.0318. The van der Waals surface area contributed by atoms with E-state index in [1.54, 1.807) is 4.90 Å². The fraction of sp³-hybridized carbons (Fsp3) is 0.435. The maximum absolute atomic E-state index is 13.9. The summed E-state index contributed by atoms with van der Waals surface area (Å²) in [5.74, 6) is -5.69. The fourth-order valence-electron chi connectivity index (χ4n) is 5.85. The number of hydrogen-bond acceptors (Lipinski definition) is 4. The minimum Gasteiger partial charge on any atom is -0.503 e. The highest BCUT2D eigenvalue weighted by atomic mass is 19.1. The van der Waals surface area contributed by atoms with Gasteiger partial charge in [0.2, 0.25) is 5.43 Å². The Morgan fingerprint density at radius 3 is 2.55 bits per heavy atom. The standard InChI is InChI=1S/C23H22F3N3O4/c1-22-3-2-4-23(9-22)11-28-8-14(18(30)19(31)17(28)21(33)29(23)10-22)20(32)27-7-13-15(25)5-12(24)6-16(13)26/h5-6,8,31H,2-4,7,9-11H2,1H3,(H,27,32). The molecule has 1 aromatic heterocycles. The lowest BCUT2D eigenvalue weighted by Gasteiger charge is -2.45. The van der Waals surface area contributed by atoms with E-state index in [1.807, 2.05) is 0 Å². The number of nitrogens with one attached hydrogen (secondary N) is 1. The Labute approximate surface area is 186 Å². The Morgan fingerprint density at radius 2 is 1.85 bits per heavy atom. The van der Waals surface area contributed by atoms with Crippen LogP contribution >= 0.6 is 0 Å². The van der Waals surface area contributed by atoms with Gasteiger partial charge >= 0.3 is 0 Å². The third kappa shape index (κ3) is 3.22. The van der Waals surface area contributed by atoms with Crippen molar-refractivity contribution in [2.75, 3.05) is 6.54 Å². The Hall–Kier alpha value is -3.30. The number of rotatable bonds is 3. The monoisotopic (exact) mass is 461 g/mol. The van der Waals surface area contributed by atoms with Crippen LogP contribution in [-0.4, -0.2) is 38.5 Å². The molecular formula is C23H22F3N3O4. The van der Waals surface area contributed by atoms with Gasteiger partial charge in [-0.15, -0.1) is 0 Å². The summed E-state index contributed by atoms with van der Waals surface area (Å²) >= 11 is 0. The number of carbonyl (C=O) groups excluding carboxylic acids is 2. The molecule has 2 unspecified atom stereocenters. The van der Waals surface area contributed by atoms with Gasteiger partial charge in [-0.05, 0) is 24.7 Å². The summed E-state index contributed by atoms with van der Waals surface area (Å²) in [6.45, 7) is 2.38. The normalized spacial score (nSPS) is 25.6. The summed E-state index contributed by atoms with van der Waals surface area (Å²) in [4.78, 5) is 40.4. The van der Waals surface area contributed by atoms with Gasteiger partial charge in [0.25, 0.3) is 11.8 Å². The van der Waals surface area contributed by atoms with Crippen molar-refractivity contribution in [3.63, 3.8) is 0 Å². The Morgan fingerprint density at radius 1 is 1.15 bits per heavy atom. The zero-order valence-corrected chi connectivity index (χ0v) is 17.9. The molecule has 5 rings (SSSR count). The first kappa shape index (κ1) is 21.5. The molecule has 174 valence electrons. The van der Waals surface area contributed by atoms with Crippen LogP contribution in [0.5, 0.6) is 5.75 Å². The number of amides is 2. The molecule has 1 saturated heterocycles. The lowest BCUT2D eigenvalue weighted by atomic mass is 9.71. The van der Waals surface area contributed by atoms with Crippen LogP contribution in [0, 0.1) is 22.9 Å². The van der Waals surface area contributed by atoms with Crippen molar-refractivity contribution in [2.24, 2.45) is 5.41 Å². The molecule has 0 radical (unpaired) electrons. The summed E-state index contributed by atoms with van der Waals surface area (Å²) < 4.78 is 42.3. The Kier molecular flexibility index (Phi) is 4.63. The Balaban J connectivity index is 1.47. The van der Waals surface area contributed by atoms with Crippen molar-refractivity contribution in [1.29, 1.82) is 0 Å². The lowest BCUT2D eigenvalue weighted by Crippen LogP contribution is -2.55. The molecule has 2 aliphatic heterocycles. The van der Waals surface area contributed by atoms with E-state index in [9.17, 15) is 32.7 Å². The van der Waals surface area contributed by atoms with E-state index >= 15 is 0 Å². The molecule has 1 saturated carbocycles. The second kappa shape index (κ2) is 7.10. The fourth-order valence-corrected chi connectivity index (χ4v) is 5.85. The molecule has 1 aliphatic carbocycles. The van der Waals surface area contributed by atoms with Crippen LogP contribution in [0.4, 0.5) is 13.2 Å². The quantitative estimate of drug-likeness (QED) is 0.736. The van der Waals surface area contributed by atoms with Gasteiger partial charge < -0.3 is 19.9 Å². The number of carbonyl (C=O) groups is 2. The molecule has 7 nitrogen and oxygen atoms in total. The second-order valence-corrected chi connectivity index (χ2v) is 9.68. The van der Waals surface area contributed by atoms with Crippen molar-refractivity contribution in [2.45, 2.75) is 51.2 Å². The van der Waals surface area contributed by atoms with Gasteiger partial charge in [-0.3, -0.25) is 14.4 Å². The molecule has 3 aliphatic rings. The number of nitrogens with zero attached hydrogens (tertiary/aromatic N) is 2. The van der Waals surface area contributed by atoms with E-state index in [0.29, 0.717) is 25.2 Å². The number of aromatic hydroxyl groups is 1. The number of hydrogen-bond donors (Lipinski definition) is 2. The Bertz CT molecular complexity index is 1250. The van der Waals surface area contributed by atoms with E-state index in [0.717, 1.165) is 25.7 Å². The molecule has 2 bridgehead atoms. The minimum atomic E-state index is -1.18. The van der Waals surface area contributed by atoms with Gasteiger partial charge in [-0.1, -0.05) is 13.3 Å². The number of aromatic nitrogens is 1. The smallest absolute Gasteiger partial charge is 0.275 e. The lowest BCUT2D eigenvalue weighted by molar-refractivity contribution is 0.0416. The van der Waals surface area contributed by atoms with Crippen LogP contribution in [0.2, 0.25) is 0 Å². The summed E-state index contributed by atoms with van der Waals surface area (Å²) in [6, 6.07) is 0.973. The molecule has 10 heteroatoms. The third-order valence-corrected chi connectivity index (χ3v) is 7.24. The van der Waals surface area contributed by atoms with Crippen LogP contribution in [0.15, 0.2) is 23.1 Å². The van der Waals surface area contributed by atoms with Crippen molar-refractivity contribution < 1.29 is 27.9 Å². The number of fused-ring (bicyclic) bond motifs is 2. The first-order valence-corrected chi connectivity index (χ1v) is 10.7. The first-order valence-electron chi connectivity index (χ1n) is 10.7. The average Bonchev–Trinajstić information content (AvgIpc) is 2.94. The first-order chi connectivity index (χ1) is 15.5. The van der Waals surface area contributed by atoms with Crippen LogP contribution in [-0.2, 0) is 13.1 Å². The largest absolute Gasteiger partial charge is 0.503 e. The van der Waals surface area contributed by atoms with Gasteiger partial charge in [-0.2, -0.15) is 0 Å². The van der Waals surface area contributed by atoms with Gasteiger partial charge in [0, 0.05) is 43.5 Å². The molecule has 2 atom stereocenters. The molecule has 3 heterocycles. The number of halogens is 3. The SMILES string of the molecule is CC12CCCC3(Cn4cc(C(=O)NCc5c(F)cc(F)cc5F)c(=O)c(O)c4C(=O)N3C1)C2. The summed E-state index contributed by atoms with van der Waals surface area (Å²) in [6.07, 6.45) is 4.73. The molecule has 2 N–H and O–H groups in total. The number of pyridine rings is 1. The van der Waals surface area contributed by atoms with Gasteiger partial charge in [-0.25, -0.2) is 13.2 Å². The molecule has 2 fully saturated rings. The highest BCUT2D eigenvalue weighted by Crippen LogP contribution is 2.54. The van der Waals surface area contributed by atoms with E-state index in [2.05, 4.69) is 12.2 Å². The van der Waals surface area contributed by atoms with Crippen LogP contribution < -0.4 is 10.7 Å². The van der Waals surface area contributed by atoms with E-state index in [-0.39, 0.29) is 11.1 Å². The van der Waals surface area contributed by atoms with E-state index in [4.69, 9.17) is 0 Å². The van der Waals surface area contributed by atoms with Crippen LogP contribution in [0.3, 0.4) is 0 Å². The molecule has 2 aromatic rings. The van der Waals surface area contributed by atoms with Crippen molar-refractivity contribution in [3.05, 3.63) is 62.8 Å². The zero-order chi connectivity index (χ0) is 23.7. The molecule has 1 aromatic carbocycles. The summed E-state index contributed by atoms with van der Waals surface area (Å²) in [7, 11) is 0. The van der Waals surface area contributed by atoms with Crippen LogP contribution in [0.25, 0.3) is 0 Å². The van der Waals surface area contributed by atoms with Gasteiger partial charge in [0.1, 0.15) is 23.0 Å². The third-order valence-electron chi connectivity index (χ3n) is 7.24. The maximum Gasteiger partial charge on any atom is 0.275 e. The highest BCUT2D eigenvalue weighted by Gasteiger charge is 2.58. The van der Waals surface area contributed by atoms with Crippen LogP contribution in [0.1, 0.15) is 59.0 Å². The predicted molar refractivity (Wildman–Crippen MR) is 110 cm³/mol. The zero-order valence-electron chi connectivity index (χ0n) is 17.9. The molecule has 33 heavy (non-hydrogen) atoms. The van der Waals surface area contributed by atoms with Gasteiger partial charge in [0.15, 0.2) is 11.4 Å². The predicted octanol–water partition coefficient (Wildman–Crippen LogP) is 2.69. The molecule has 2 amide bonds. The summed E-state index contributed by atoms with van der Waals surface area (Å²) in [5, 5.41) is 12.8. The summed E-state index contributed by atoms with van der Waals surface area (Å²) in [5.41, 5.74) is -2.69. The molecule has 1 spiro atoms. The van der Waals surface area contributed by atoms with E-state index in [1.165, 1.54) is 10.8 Å². The topological polar surface area (TPSA) is 91.6 Å². The van der Waals surface area contributed by atoms with Crippen molar-refractivity contribution in [1.82, 2.24) is 14.8 Å². The second-order valence-electron chi connectivity index (χ2n) is 9.68. The number of benzene rings is 1. The maximum atomic E-state index is 13.9. The van der Waals surface area contributed by atoms with E-state index < -0.39 is 63.7 Å². The molecular weight excluding hydrogens is 439 g/mol.